The van der Waals surface area contributed by atoms with E-state index in [1.54, 1.807) is 0 Å². The predicted molar refractivity (Wildman–Crippen MR) is 341 cm³/mol. The van der Waals surface area contributed by atoms with Crippen LogP contribution < -0.4 is 4.90 Å². The quantitative estimate of drug-likeness (QED) is 0.160. The summed E-state index contributed by atoms with van der Waals surface area (Å²) in [7, 11) is 0. The topological polar surface area (TPSA) is 3.24 Å². The molecule has 0 heterocycles. The van der Waals surface area contributed by atoms with Crippen molar-refractivity contribution in [1.29, 1.82) is 0 Å². The van der Waals surface area contributed by atoms with E-state index in [9.17, 15) is 0 Å². The Balaban J connectivity index is 0.957. The van der Waals surface area contributed by atoms with Gasteiger partial charge in [-0.1, -0.05) is 262 Å². The average molecular weight is 1040 g/mol. The van der Waals surface area contributed by atoms with Gasteiger partial charge in [-0.05, 0) is 177 Å². The minimum Gasteiger partial charge on any atom is -0.310 e. The third-order valence-corrected chi connectivity index (χ3v) is 19.3. The normalized spacial score (nSPS) is 16.2. The molecule has 1 nitrogen and oxygen atoms in total. The van der Waals surface area contributed by atoms with Crippen LogP contribution in [-0.2, 0) is 27.1 Å². The zero-order valence-electron chi connectivity index (χ0n) is 48.0. The van der Waals surface area contributed by atoms with E-state index >= 15 is 0 Å². The fourth-order valence-electron chi connectivity index (χ4n) is 15.2. The van der Waals surface area contributed by atoms with Crippen molar-refractivity contribution in [3.63, 3.8) is 0 Å². The third-order valence-electron chi connectivity index (χ3n) is 19.3. The molecular weight excluding hydrogens is 975 g/mol. The molecule has 0 saturated heterocycles. The Morgan fingerprint density at radius 1 is 0.296 bits per heavy atom. The molecule has 0 N–H and O–H groups in total. The summed E-state index contributed by atoms with van der Waals surface area (Å²) in [6.07, 6.45) is 0. The fourth-order valence-corrected chi connectivity index (χ4v) is 15.2. The molecule has 1 unspecified atom stereocenters. The average Bonchev–Trinajstić information content (AvgIpc) is 4.03. The molecule has 1 spiro atoms. The smallest absolute Gasteiger partial charge is 0.0726 e. The first-order valence-electron chi connectivity index (χ1n) is 29.2. The number of para-hydroxylation sites is 1. The second-order valence-electron chi connectivity index (χ2n) is 26.1. The van der Waals surface area contributed by atoms with E-state index in [2.05, 4.69) is 310 Å². The molecule has 81 heavy (non-hydrogen) atoms. The summed E-state index contributed by atoms with van der Waals surface area (Å²) in [5.74, 6) is 0. The maximum absolute atomic E-state index is 2.57. The number of benzene rings is 11. The summed E-state index contributed by atoms with van der Waals surface area (Å²) in [4.78, 5) is 2.56. The lowest BCUT2D eigenvalue weighted by Crippen LogP contribution is -2.27. The minimum atomic E-state index is -0.554. The summed E-state index contributed by atoms with van der Waals surface area (Å²) in [6, 6.07) is 93.2. The van der Waals surface area contributed by atoms with Crippen LogP contribution in [0.3, 0.4) is 0 Å². The zero-order chi connectivity index (χ0) is 55.4. The van der Waals surface area contributed by atoms with Crippen LogP contribution in [-0.4, -0.2) is 0 Å². The van der Waals surface area contributed by atoms with Crippen LogP contribution in [0.2, 0.25) is 0 Å². The summed E-state index contributed by atoms with van der Waals surface area (Å²) < 4.78 is 0. The minimum absolute atomic E-state index is 0.0447. The standard InChI is InChI=1S/C80H67N/c1-76(2,3)53-37-43-61-62-44-38-54(77(4,5)6)48-72(62)80(71(61)47-53)69-32-19-15-25-58(69)63-45-41-56(49-73(63)80)81(74-33-20-16-27-64(74)66-29-21-28-65-59-26-13-17-30-67(59)78(7,8)75(65)66)55-39-34-50(35-40-55)51-36-42-60-57-24-14-18-31-68(57)79(9,70(60)46-51)52-22-11-10-12-23-52/h10-49H,1-9H3. The van der Waals surface area contributed by atoms with Gasteiger partial charge in [0.2, 0.25) is 0 Å². The van der Waals surface area contributed by atoms with Crippen molar-refractivity contribution in [1.82, 2.24) is 0 Å². The van der Waals surface area contributed by atoms with Gasteiger partial charge in [0.25, 0.3) is 0 Å². The van der Waals surface area contributed by atoms with Gasteiger partial charge < -0.3 is 4.90 Å². The largest absolute Gasteiger partial charge is 0.310 e. The molecule has 0 bridgehead atoms. The Hall–Kier alpha value is -8.78. The van der Waals surface area contributed by atoms with Crippen molar-refractivity contribution < 1.29 is 0 Å². The molecule has 0 saturated carbocycles. The number of hydrogen-bond acceptors (Lipinski definition) is 1. The molecule has 0 aliphatic heterocycles. The monoisotopic (exact) mass is 1040 g/mol. The van der Waals surface area contributed by atoms with Crippen molar-refractivity contribution in [3.8, 4) is 66.8 Å². The molecule has 1 atom stereocenters. The Bertz CT molecular complexity index is 4340. The van der Waals surface area contributed by atoms with Gasteiger partial charge >= 0.3 is 0 Å². The molecule has 11 aromatic carbocycles. The van der Waals surface area contributed by atoms with Crippen molar-refractivity contribution in [2.45, 2.75) is 89.4 Å². The first kappa shape index (κ1) is 49.3. The van der Waals surface area contributed by atoms with Gasteiger partial charge in [0.05, 0.1) is 11.1 Å². The van der Waals surface area contributed by atoms with E-state index in [1.165, 1.54) is 128 Å². The Kier molecular flexibility index (Phi) is 10.6. The molecule has 0 amide bonds. The van der Waals surface area contributed by atoms with Gasteiger partial charge in [-0.2, -0.15) is 0 Å². The first-order chi connectivity index (χ1) is 39.1. The van der Waals surface area contributed by atoms with Gasteiger partial charge in [0, 0.05) is 27.8 Å². The maximum Gasteiger partial charge on any atom is 0.0726 e. The first-order valence-corrected chi connectivity index (χ1v) is 29.2. The summed E-state index contributed by atoms with van der Waals surface area (Å²) in [5, 5.41) is 0. The highest BCUT2D eigenvalue weighted by molar-refractivity contribution is 5.99. The zero-order valence-corrected chi connectivity index (χ0v) is 48.0. The van der Waals surface area contributed by atoms with Crippen LogP contribution in [0.25, 0.3) is 66.8 Å². The van der Waals surface area contributed by atoms with Gasteiger partial charge in [-0.3, -0.25) is 0 Å². The Labute approximate surface area is 479 Å². The Morgan fingerprint density at radius 2 is 0.728 bits per heavy atom. The molecule has 4 aliphatic rings. The Morgan fingerprint density at radius 3 is 1.36 bits per heavy atom. The van der Waals surface area contributed by atoms with Crippen LogP contribution in [0.15, 0.2) is 243 Å². The maximum atomic E-state index is 2.57. The number of rotatable bonds is 6. The molecule has 0 fully saturated rings. The molecule has 0 radical (unpaired) electrons. The fraction of sp³-hybridized carbons (Fsp3) is 0.175. The summed E-state index contributed by atoms with van der Waals surface area (Å²) in [6.45, 7) is 21.3. The van der Waals surface area contributed by atoms with E-state index < -0.39 is 5.41 Å². The van der Waals surface area contributed by atoms with Crippen LogP contribution >= 0.6 is 0 Å². The SMILES string of the molecule is CC(C)(C)c1ccc2c(c1)C1(c3ccccc3-c3ccc(N(c4ccc(-c5ccc6c(c5)C(C)(c5ccccc5)c5ccccc5-6)cc4)c4ccccc4-c4cccc5c4C(C)(C)c4ccccc4-5)cc31)c1cc(C(C)(C)C)ccc1-2. The third kappa shape index (κ3) is 6.97. The lowest BCUT2D eigenvalue weighted by atomic mass is 9.68. The van der Waals surface area contributed by atoms with Crippen molar-refractivity contribution in [2.24, 2.45) is 0 Å². The molecule has 15 rings (SSSR count). The number of nitrogens with zero attached hydrogens (tertiary/aromatic N) is 1. The van der Waals surface area contributed by atoms with E-state index in [0.717, 1.165) is 17.1 Å². The molecule has 11 aromatic rings. The van der Waals surface area contributed by atoms with Crippen molar-refractivity contribution in [2.75, 3.05) is 4.90 Å². The van der Waals surface area contributed by atoms with E-state index in [-0.39, 0.29) is 21.7 Å². The highest BCUT2D eigenvalue weighted by atomic mass is 15.1. The number of fused-ring (bicyclic) bond motifs is 16. The molecule has 392 valence electrons. The second kappa shape index (κ2) is 17.4. The van der Waals surface area contributed by atoms with E-state index in [0.29, 0.717) is 0 Å². The van der Waals surface area contributed by atoms with Gasteiger partial charge in [0.15, 0.2) is 0 Å². The van der Waals surface area contributed by atoms with Crippen LogP contribution in [0.4, 0.5) is 17.1 Å². The van der Waals surface area contributed by atoms with Crippen molar-refractivity contribution in [3.05, 3.63) is 304 Å². The molecule has 0 aromatic heterocycles. The van der Waals surface area contributed by atoms with Crippen LogP contribution in [0.1, 0.15) is 124 Å². The summed E-state index contributed by atoms with van der Waals surface area (Å²) in [5.41, 5.74) is 32.5. The lowest BCUT2D eigenvalue weighted by Gasteiger charge is -2.34. The second-order valence-corrected chi connectivity index (χ2v) is 26.1. The van der Waals surface area contributed by atoms with Gasteiger partial charge in [0.1, 0.15) is 0 Å². The molecular formula is C80H67N. The summed E-state index contributed by atoms with van der Waals surface area (Å²) >= 11 is 0. The number of anilines is 3. The van der Waals surface area contributed by atoms with Crippen LogP contribution in [0, 0.1) is 0 Å². The number of hydrogen-bond donors (Lipinski definition) is 0. The van der Waals surface area contributed by atoms with Gasteiger partial charge in [-0.15, -0.1) is 0 Å². The highest BCUT2D eigenvalue weighted by Gasteiger charge is 2.53. The van der Waals surface area contributed by atoms with E-state index in [1.807, 2.05) is 0 Å². The highest BCUT2D eigenvalue weighted by Crippen LogP contribution is 2.65. The van der Waals surface area contributed by atoms with Gasteiger partial charge in [-0.25, -0.2) is 0 Å². The van der Waals surface area contributed by atoms with Crippen LogP contribution in [0.5, 0.6) is 0 Å². The van der Waals surface area contributed by atoms with E-state index in [4.69, 9.17) is 0 Å². The predicted octanol–water partition coefficient (Wildman–Crippen LogP) is 21.1. The lowest BCUT2D eigenvalue weighted by molar-refractivity contribution is 0.586. The molecule has 1 heteroatoms. The molecule has 4 aliphatic carbocycles. The van der Waals surface area contributed by atoms with Crippen molar-refractivity contribution >= 4 is 17.1 Å².